The number of ether oxygens (including phenoxy) is 1. The Hall–Kier alpha value is -3.07. The van der Waals surface area contributed by atoms with Gasteiger partial charge in [-0.25, -0.2) is 4.98 Å². The first-order chi connectivity index (χ1) is 12.8. The van der Waals surface area contributed by atoms with E-state index in [0.717, 1.165) is 35.6 Å². The number of para-hydroxylation sites is 3. The number of rotatable bonds is 6. The van der Waals surface area contributed by atoms with Gasteiger partial charge >= 0.3 is 0 Å². The number of hydrogen-bond donors (Lipinski definition) is 0. The van der Waals surface area contributed by atoms with Crippen molar-refractivity contribution < 1.29 is 4.74 Å². The normalized spacial score (nSPS) is 11.0. The number of hydrogen-bond acceptors (Lipinski definition) is 2. The standard InChI is InChI=1S/C23H22N2O/c1-18-9-7-10-19(17-18)23-24-21-13-5-6-14-22(21)25(23)15-8-16-26-20-11-3-2-4-12-20/h2-7,9-14,17H,8,15-16H2,1H3. The molecule has 0 saturated carbocycles. The lowest BCUT2D eigenvalue weighted by Gasteiger charge is -2.11. The fraction of sp³-hybridized carbons (Fsp3) is 0.174. The monoisotopic (exact) mass is 342 g/mol. The Kier molecular flexibility index (Phi) is 4.69. The Morgan fingerprint density at radius 3 is 2.54 bits per heavy atom. The molecule has 0 bridgehead atoms. The number of benzene rings is 3. The number of fused-ring (bicyclic) bond motifs is 1. The Labute approximate surface area is 153 Å². The second-order valence-corrected chi connectivity index (χ2v) is 6.46. The van der Waals surface area contributed by atoms with E-state index in [1.54, 1.807) is 0 Å². The highest BCUT2D eigenvalue weighted by molar-refractivity contribution is 5.80. The molecule has 0 radical (unpaired) electrons. The number of aromatic nitrogens is 2. The van der Waals surface area contributed by atoms with E-state index in [9.17, 15) is 0 Å². The van der Waals surface area contributed by atoms with Gasteiger partial charge in [0.25, 0.3) is 0 Å². The highest BCUT2D eigenvalue weighted by Crippen LogP contribution is 2.25. The van der Waals surface area contributed by atoms with Crippen LogP contribution in [0.2, 0.25) is 0 Å². The van der Waals surface area contributed by atoms with E-state index in [4.69, 9.17) is 9.72 Å². The number of nitrogens with zero attached hydrogens (tertiary/aromatic N) is 2. The summed E-state index contributed by atoms with van der Waals surface area (Å²) in [6.45, 7) is 3.67. The van der Waals surface area contributed by atoms with Crippen LogP contribution in [0.15, 0.2) is 78.9 Å². The van der Waals surface area contributed by atoms with E-state index in [1.807, 2.05) is 36.4 Å². The molecule has 130 valence electrons. The van der Waals surface area contributed by atoms with E-state index in [1.165, 1.54) is 11.1 Å². The van der Waals surface area contributed by atoms with Crippen molar-refractivity contribution >= 4 is 11.0 Å². The Balaban J connectivity index is 1.58. The molecule has 0 unspecified atom stereocenters. The molecule has 0 fully saturated rings. The van der Waals surface area contributed by atoms with Crippen LogP contribution in [0.5, 0.6) is 5.75 Å². The van der Waals surface area contributed by atoms with Gasteiger partial charge in [0.1, 0.15) is 11.6 Å². The van der Waals surface area contributed by atoms with Gasteiger partial charge in [-0.3, -0.25) is 0 Å². The molecule has 26 heavy (non-hydrogen) atoms. The zero-order valence-corrected chi connectivity index (χ0v) is 14.9. The summed E-state index contributed by atoms with van der Waals surface area (Å²) < 4.78 is 8.15. The second-order valence-electron chi connectivity index (χ2n) is 6.46. The van der Waals surface area contributed by atoms with Crippen molar-refractivity contribution in [3.63, 3.8) is 0 Å². The molecule has 0 atom stereocenters. The first-order valence-corrected chi connectivity index (χ1v) is 9.01. The van der Waals surface area contributed by atoms with Crippen molar-refractivity contribution in [2.24, 2.45) is 0 Å². The van der Waals surface area contributed by atoms with Crippen molar-refractivity contribution in [2.75, 3.05) is 6.61 Å². The number of imidazole rings is 1. The van der Waals surface area contributed by atoms with Gasteiger partial charge in [-0.1, -0.05) is 54.1 Å². The quantitative estimate of drug-likeness (QED) is 0.434. The Morgan fingerprint density at radius 2 is 1.69 bits per heavy atom. The van der Waals surface area contributed by atoms with Crippen LogP contribution >= 0.6 is 0 Å². The van der Waals surface area contributed by atoms with E-state index >= 15 is 0 Å². The van der Waals surface area contributed by atoms with Crippen molar-refractivity contribution in [3.8, 4) is 17.1 Å². The highest BCUT2D eigenvalue weighted by atomic mass is 16.5. The van der Waals surface area contributed by atoms with Crippen LogP contribution in [-0.4, -0.2) is 16.2 Å². The Bertz CT molecular complexity index is 1010. The molecule has 3 nitrogen and oxygen atoms in total. The molecule has 0 aliphatic rings. The molecule has 0 saturated heterocycles. The molecule has 0 N–H and O–H groups in total. The molecule has 1 aromatic heterocycles. The second kappa shape index (κ2) is 7.44. The first kappa shape index (κ1) is 16.4. The zero-order valence-electron chi connectivity index (χ0n) is 14.9. The van der Waals surface area contributed by atoms with Crippen LogP contribution in [0.3, 0.4) is 0 Å². The fourth-order valence-electron chi connectivity index (χ4n) is 3.24. The summed E-state index contributed by atoms with van der Waals surface area (Å²) in [5.41, 5.74) is 4.61. The van der Waals surface area contributed by atoms with Crippen LogP contribution in [-0.2, 0) is 6.54 Å². The molecule has 0 aliphatic carbocycles. The molecular formula is C23H22N2O. The molecule has 0 aliphatic heterocycles. The minimum Gasteiger partial charge on any atom is -0.494 e. The van der Waals surface area contributed by atoms with Crippen LogP contribution in [0, 0.1) is 6.92 Å². The average molecular weight is 342 g/mol. The maximum Gasteiger partial charge on any atom is 0.141 e. The summed E-state index contributed by atoms with van der Waals surface area (Å²) in [5.74, 6) is 1.94. The van der Waals surface area contributed by atoms with Crippen LogP contribution in [0.4, 0.5) is 0 Å². The van der Waals surface area contributed by atoms with Gasteiger partial charge in [0.15, 0.2) is 0 Å². The van der Waals surface area contributed by atoms with Crippen LogP contribution < -0.4 is 4.74 Å². The third-order valence-electron chi connectivity index (χ3n) is 4.47. The van der Waals surface area contributed by atoms with E-state index in [0.29, 0.717) is 6.61 Å². The molecule has 3 heteroatoms. The van der Waals surface area contributed by atoms with Gasteiger partial charge in [0.2, 0.25) is 0 Å². The van der Waals surface area contributed by atoms with Crippen molar-refractivity contribution in [1.29, 1.82) is 0 Å². The van der Waals surface area contributed by atoms with Gasteiger partial charge < -0.3 is 9.30 Å². The molecule has 4 rings (SSSR count). The largest absolute Gasteiger partial charge is 0.494 e. The molecular weight excluding hydrogens is 320 g/mol. The Morgan fingerprint density at radius 1 is 0.885 bits per heavy atom. The number of aryl methyl sites for hydroxylation is 2. The lowest BCUT2D eigenvalue weighted by molar-refractivity contribution is 0.303. The summed E-state index contributed by atoms with van der Waals surface area (Å²) in [6.07, 6.45) is 0.925. The van der Waals surface area contributed by atoms with Gasteiger partial charge in [0, 0.05) is 12.1 Å². The molecule has 1 heterocycles. The van der Waals surface area contributed by atoms with Gasteiger partial charge in [-0.15, -0.1) is 0 Å². The first-order valence-electron chi connectivity index (χ1n) is 9.01. The van der Waals surface area contributed by atoms with Crippen molar-refractivity contribution in [2.45, 2.75) is 19.9 Å². The van der Waals surface area contributed by atoms with Crippen molar-refractivity contribution in [1.82, 2.24) is 9.55 Å². The summed E-state index contributed by atoms with van der Waals surface area (Å²) in [7, 11) is 0. The van der Waals surface area contributed by atoms with Gasteiger partial charge in [0.05, 0.1) is 17.6 Å². The van der Waals surface area contributed by atoms with Crippen LogP contribution in [0.1, 0.15) is 12.0 Å². The van der Waals surface area contributed by atoms with Crippen LogP contribution in [0.25, 0.3) is 22.4 Å². The summed E-state index contributed by atoms with van der Waals surface area (Å²) in [5, 5.41) is 0. The van der Waals surface area contributed by atoms with E-state index in [2.05, 4.69) is 54.0 Å². The lowest BCUT2D eigenvalue weighted by atomic mass is 10.1. The predicted octanol–water partition coefficient (Wildman–Crippen LogP) is 5.48. The van der Waals surface area contributed by atoms with E-state index < -0.39 is 0 Å². The highest BCUT2D eigenvalue weighted by Gasteiger charge is 2.12. The predicted molar refractivity (Wildman–Crippen MR) is 106 cm³/mol. The topological polar surface area (TPSA) is 27.1 Å². The molecule has 4 aromatic rings. The van der Waals surface area contributed by atoms with Crippen molar-refractivity contribution in [3.05, 3.63) is 84.4 Å². The third kappa shape index (κ3) is 3.47. The maximum absolute atomic E-state index is 5.85. The average Bonchev–Trinajstić information content (AvgIpc) is 3.05. The maximum atomic E-state index is 5.85. The van der Waals surface area contributed by atoms with Gasteiger partial charge in [-0.2, -0.15) is 0 Å². The lowest BCUT2D eigenvalue weighted by Crippen LogP contribution is -2.06. The SMILES string of the molecule is Cc1cccc(-c2nc3ccccc3n2CCCOc2ccccc2)c1. The zero-order chi connectivity index (χ0) is 17.8. The van der Waals surface area contributed by atoms with E-state index in [-0.39, 0.29) is 0 Å². The minimum atomic E-state index is 0.684. The molecule has 0 amide bonds. The fourth-order valence-corrected chi connectivity index (χ4v) is 3.24. The summed E-state index contributed by atoms with van der Waals surface area (Å²) in [6, 6.07) is 26.8. The summed E-state index contributed by atoms with van der Waals surface area (Å²) in [4.78, 5) is 4.88. The van der Waals surface area contributed by atoms with Gasteiger partial charge in [-0.05, 0) is 43.7 Å². The smallest absolute Gasteiger partial charge is 0.141 e. The minimum absolute atomic E-state index is 0.684. The molecule has 3 aromatic carbocycles. The molecule has 0 spiro atoms. The third-order valence-corrected chi connectivity index (χ3v) is 4.47. The summed E-state index contributed by atoms with van der Waals surface area (Å²) >= 11 is 0.